The summed E-state index contributed by atoms with van der Waals surface area (Å²) in [6.45, 7) is 0. The molecule has 0 saturated heterocycles. The average Bonchev–Trinajstić information content (AvgIpc) is 2.46. The van der Waals surface area contributed by atoms with Gasteiger partial charge in [0.2, 0.25) is 0 Å². The fourth-order valence-electron chi connectivity index (χ4n) is 1.71. The number of benzene rings is 2. The predicted octanol–water partition coefficient (Wildman–Crippen LogP) is 3.58. The number of sulfonamides is 1. The van der Waals surface area contributed by atoms with Gasteiger partial charge in [-0.3, -0.25) is 4.72 Å². The molecular formula is C14H11Cl2NO4S. The molecule has 116 valence electrons. The second-order valence-corrected chi connectivity index (χ2v) is 6.80. The molecule has 0 unspecified atom stereocenters. The maximum absolute atomic E-state index is 12.3. The Balaban J connectivity index is 2.43. The first kappa shape index (κ1) is 16.6. The summed E-state index contributed by atoms with van der Waals surface area (Å²) >= 11 is 11.6. The minimum absolute atomic E-state index is 0.00712. The number of esters is 1. The second kappa shape index (κ2) is 6.56. The van der Waals surface area contributed by atoms with E-state index in [2.05, 4.69) is 9.46 Å². The standard InChI is InChI=1S/C14H11Cl2NO4S/c1-21-14(18)12-7-4-10(16)8-13(12)17-22(19,20)11-5-2-9(15)3-6-11/h2-8,17H,1H3. The fourth-order valence-corrected chi connectivity index (χ4v) is 3.08. The van der Waals surface area contributed by atoms with Crippen LogP contribution < -0.4 is 4.72 Å². The number of ether oxygens (including phenoxy) is 1. The van der Waals surface area contributed by atoms with Crippen LogP contribution in [0.2, 0.25) is 10.0 Å². The zero-order valence-corrected chi connectivity index (χ0v) is 13.7. The maximum atomic E-state index is 12.3. The van der Waals surface area contributed by atoms with Crippen LogP contribution in [0.4, 0.5) is 5.69 Å². The largest absolute Gasteiger partial charge is 0.465 e. The Labute approximate surface area is 137 Å². The molecule has 1 N–H and O–H groups in total. The molecule has 0 aliphatic rings. The summed E-state index contributed by atoms with van der Waals surface area (Å²) in [7, 11) is -2.68. The third-order valence-corrected chi connectivity index (χ3v) is 4.62. The Bertz CT molecular complexity index is 804. The van der Waals surface area contributed by atoms with Crippen LogP contribution in [0.1, 0.15) is 10.4 Å². The van der Waals surface area contributed by atoms with E-state index in [1.807, 2.05) is 0 Å². The van der Waals surface area contributed by atoms with E-state index in [9.17, 15) is 13.2 Å². The number of carbonyl (C=O) groups is 1. The van der Waals surface area contributed by atoms with Crippen LogP contribution in [-0.4, -0.2) is 21.5 Å². The lowest BCUT2D eigenvalue weighted by atomic mass is 10.2. The maximum Gasteiger partial charge on any atom is 0.339 e. The second-order valence-electron chi connectivity index (χ2n) is 4.24. The summed E-state index contributed by atoms with van der Waals surface area (Å²) in [5.41, 5.74) is 0.0961. The molecule has 0 aliphatic carbocycles. The van der Waals surface area contributed by atoms with Gasteiger partial charge in [0.15, 0.2) is 0 Å². The van der Waals surface area contributed by atoms with Crippen LogP contribution in [0.15, 0.2) is 47.4 Å². The van der Waals surface area contributed by atoms with Gasteiger partial charge in [-0.15, -0.1) is 0 Å². The van der Waals surface area contributed by atoms with Crippen molar-refractivity contribution >= 4 is 44.9 Å². The Morgan fingerprint density at radius 3 is 2.23 bits per heavy atom. The summed E-state index contributed by atoms with van der Waals surface area (Å²) in [6, 6.07) is 9.80. The molecular weight excluding hydrogens is 349 g/mol. The molecule has 0 atom stereocenters. The monoisotopic (exact) mass is 359 g/mol. The molecule has 2 aromatic carbocycles. The lowest BCUT2D eigenvalue weighted by molar-refractivity contribution is 0.0602. The Morgan fingerprint density at radius 2 is 1.64 bits per heavy atom. The quantitative estimate of drug-likeness (QED) is 0.846. The number of halogens is 2. The number of methoxy groups -OCH3 is 1. The molecule has 0 aliphatic heterocycles. The summed E-state index contributed by atoms with van der Waals surface area (Å²) in [5.74, 6) is -0.675. The Hall–Kier alpha value is -1.76. The van der Waals surface area contributed by atoms with Gasteiger partial charge in [0.1, 0.15) is 0 Å². The van der Waals surface area contributed by atoms with E-state index in [1.54, 1.807) is 0 Å². The molecule has 0 fully saturated rings. The van der Waals surface area contributed by atoms with Crippen molar-refractivity contribution in [2.24, 2.45) is 0 Å². The highest BCUT2D eigenvalue weighted by atomic mass is 35.5. The van der Waals surface area contributed by atoms with E-state index >= 15 is 0 Å². The molecule has 5 nitrogen and oxygen atoms in total. The summed E-state index contributed by atoms with van der Waals surface area (Å²) in [4.78, 5) is 11.7. The summed E-state index contributed by atoms with van der Waals surface area (Å²) in [6.07, 6.45) is 0. The minimum Gasteiger partial charge on any atom is -0.465 e. The first-order valence-electron chi connectivity index (χ1n) is 6.00. The van der Waals surface area contributed by atoms with Gasteiger partial charge in [0.25, 0.3) is 10.0 Å². The van der Waals surface area contributed by atoms with Crippen LogP contribution in [-0.2, 0) is 14.8 Å². The van der Waals surface area contributed by atoms with Gasteiger partial charge in [0, 0.05) is 10.0 Å². The lowest BCUT2D eigenvalue weighted by Crippen LogP contribution is -2.16. The number of carbonyl (C=O) groups excluding carboxylic acids is 1. The molecule has 2 rings (SSSR count). The van der Waals surface area contributed by atoms with E-state index in [1.165, 1.54) is 49.6 Å². The van der Waals surface area contributed by atoms with Crippen molar-refractivity contribution in [3.63, 3.8) is 0 Å². The fraction of sp³-hybridized carbons (Fsp3) is 0.0714. The highest BCUT2D eigenvalue weighted by molar-refractivity contribution is 7.92. The number of hydrogen-bond donors (Lipinski definition) is 1. The normalized spacial score (nSPS) is 11.0. The minimum atomic E-state index is -3.89. The molecule has 0 bridgehead atoms. The van der Waals surface area contributed by atoms with E-state index in [0.29, 0.717) is 5.02 Å². The topological polar surface area (TPSA) is 72.5 Å². The highest BCUT2D eigenvalue weighted by Crippen LogP contribution is 2.25. The SMILES string of the molecule is COC(=O)c1ccc(Cl)cc1NS(=O)(=O)c1ccc(Cl)cc1. The van der Waals surface area contributed by atoms with E-state index in [-0.39, 0.29) is 21.2 Å². The van der Waals surface area contributed by atoms with Crippen molar-refractivity contribution in [3.05, 3.63) is 58.1 Å². The van der Waals surface area contributed by atoms with Crippen LogP contribution >= 0.6 is 23.2 Å². The van der Waals surface area contributed by atoms with Crippen LogP contribution in [0.25, 0.3) is 0 Å². The third-order valence-electron chi connectivity index (χ3n) is 2.76. The van der Waals surface area contributed by atoms with Crippen molar-refractivity contribution in [3.8, 4) is 0 Å². The molecule has 0 aromatic heterocycles. The zero-order chi connectivity index (χ0) is 16.3. The molecule has 0 amide bonds. The summed E-state index contributed by atoms with van der Waals surface area (Å²) in [5, 5.41) is 0.693. The van der Waals surface area contributed by atoms with Crippen LogP contribution in [0.3, 0.4) is 0 Å². The predicted molar refractivity (Wildman–Crippen MR) is 85.1 cm³/mol. The molecule has 0 saturated carbocycles. The van der Waals surface area contributed by atoms with E-state index < -0.39 is 16.0 Å². The van der Waals surface area contributed by atoms with Gasteiger partial charge in [0.05, 0.1) is 23.3 Å². The smallest absolute Gasteiger partial charge is 0.339 e. The van der Waals surface area contributed by atoms with Gasteiger partial charge >= 0.3 is 5.97 Å². The molecule has 0 heterocycles. The van der Waals surface area contributed by atoms with Gasteiger partial charge < -0.3 is 4.74 Å². The van der Waals surface area contributed by atoms with Crippen molar-refractivity contribution < 1.29 is 17.9 Å². The van der Waals surface area contributed by atoms with Crippen molar-refractivity contribution in [1.82, 2.24) is 0 Å². The van der Waals surface area contributed by atoms with Gasteiger partial charge in [-0.2, -0.15) is 0 Å². The Kier molecular flexibility index (Phi) is 4.95. The average molecular weight is 360 g/mol. The number of nitrogens with one attached hydrogen (secondary N) is 1. The lowest BCUT2D eigenvalue weighted by Gasteiger charge is -2.12. The van der Waals surface area contributed by atoms with Gasteiger partial charge in [-0.05, 0) is 42.5 Å². The highest BCUT2D eigenvalue weighted by Gasteiger charge is 2.19. The first-order valence-corrected chi connectivity index (χ1v) is 8.23. The molecule has 8 heteroatoms. The van der Waals surface area contributed by atoms with E-state index in [0.717, 1.165) is 0 Å². The summed E-state index contributed by atoms with van der Waals surface area (Å²) < 4.78 is 31.6. The number of hydrogen-bond acceptors (Lipinski definition) is 4. The van der Waals surface area contributed by atoms with Crippen molar-refractivity contribution in [1.29, 1.82) is 0 Å². The number of anilines is 1. The Morgan fingerprint density at radius 1 is 1.05 bits per heavy atom. The molecule has 0 spiro atoms. The molecule has 0 radical (unpaired) electrons. The number of rotatable bonds is 4. The van der Waals surface area contributed by atoms with E-state index in [4.69, 9.17) is 23.2 Å². The van der Waals surface area contributed by atoms with Crippen LogP contribution in [0, 0.1) is 0 Å². The zero-order valence-electron chi connectivity index (χ0n) is 11.3. The van der Waals surface area contributed by atoms with Crippen LogP contribution in [0.5, 0.6) is 0 Å². The molecule has 2 aromatic rings. The third kappa shape index (κ3) is 3.71. The van der Waals surface area contributed by atoms with Crippen molar-refractivity contribution in [2.75, 3.05) is 11.8 Å². The first-order chi connectivity index (χ1) is 10.3. The van der Waals surface area contributed by atoms with Gasteiger partial charge in [-0.1, -0.05) is 23.2 Å². The van der Waals surface area contributed by atoms with Gasteiger partial charge in [-0.25, -0.2) is 13.2 Å². The molecule has 22 heavy (non-hydrogen) atoms. The van der Waals surface area contributed by atoms with Crippen molar-refractivity contribution in [2.45, 2.75) is 4.90 Å².